The quantitative estimate of drug-likeness (QED) is 0.802. The second-order valence-electron chi connectivity index (χ2n) is 8.22. The lowest BCUT2D eigenvalue weighted by Gasteiger charge is -2.32. The zero-order chi connectivity index (χ0) is 19.9. The number of rotatable bonds is 6. The Hall–Kier alpha value is -2.08. The predicted octanol–water partition coefficient (Wildman–Crippen LogP) is 2.64. The van der Waals surface area contributed by atoms with Crippen LogP contribution in [0.4, 0.5) is 4.79 Å². The number of hydrogen-bond donors (Lipinski definition) is 2. The van der Waals surface area contributed by atoms with Crippen molar-refractivity contribution in [2.45, 2.75) is 58.6 Å². The molecule has 1 aliphatic rings. The number of hydrogen-bond acceptors (Lipinski definition) is 4. The molecule has 150 valence electrons. The molecule has 0 bridgehead atoms. The summed E-state index contributed by atoms with van der Waals surface area (Å²) in [5, 5.41) is 5.92. The van der Waals surface area contributed by atoms with Crippen molar-refractivity contribution in [1.29, 1.82) is 0 Å². The number of aryl methyl sites for hydroxylation is 1. The minimum absolute atomic E-state index is 0.0575. The van der Waals surface area contributed by atoms with Gasteiger partial charge in [-0.25, -0.2) is 4.79 Å². The minimum atomic E-state index is -0.485. The lowest BCUT2D eigenvalue weighted by Crippen LogP contribution is -2.48. The van der Waals surface area contributed by atoms with E-state index in [0.29, 0.717) is 13.1 Å². The molecule has 0 aromatic heterocycles. The van der Waals surface area contributed by atoms with Gasteiger partial charge in [0.15, 0.2) is 0 Å². The van der Waals surface area contributed by atoms with Gasteiger partial charge in [0.25, 0.3) is 0 Å². The van der Waals surface area contributed by atoms with E-state index in [9.17, 15) is 9.59 Å². The van der Waals surface area contributed by atoms with Gasteiger partial charge in [-0.15, -0.1) is 0 Å². The van der Waals surface area contributed by atoms with E-state index < -0.39 is 5.60 Å². The number of alkyl carbamates (subject to hydrolysis) is 1. The highest BCUT2D eigenvalue weighted by molar-refractivity contribution is 5.78. The highest BCUT2D eigenvalue weighted by Crippen LogP contribution is 2.12. The van der Waals surface area contributed by atoms with E-state index in [2.05, 4.69) is 34.6 Å². The van der Waals surface area contributed by atoms with Gasteiger partial charge in [-0.3, -0.25) is 9.69 Å². The fourth-order valence-electron chi connectivity index (χ4n) is 3.20. The summed E-state index contributed by atoms with van der Waals surface area (Å²) in [5.41, 5.74) is 2.04. The number of piperidine rings is 1. The van der Waals surface area contributed by atoms with E-state index in [0.717, 1.165) is 32.4 Å². The van der Waals surface area contributed by atoms with Gasteiger partial charge in [-0.05, 0) is 58.1 Å². The van der Waals surface area contributed by atoms with Crippen molar-refractivity contribution in [2.75, 3.05) is 26.2 Å². The smallest absolute Gasteiger partial charge is 0.407 e. The van der Waals surface area contributed by atoms with Crippen LogP contribution >= 0.6 is 0 Å². The van der Waals surface area contributed by atoms with E-state index in [1.807, 2.05) is 32.9 Å². The molecule has 2 N–H and O–H groups in total. The molecule has 1 heterocycles. The molecule has 1 aromatic carbocycles. The fourth-order valence-corrected chi connectivity index (χ4v) is 3.20. The second-order valence-corrected chi connectivity index (χ2v) is 8.22. The van der Waals surface area contributed by atoms with E-state index in [1.54, 1.807) is 0 Å². The van der Waals surface area contributed by atoms with Crippen LogP contribution in [0.15, 0.2) is 24.3 Å². The largest absolute Gasteiger partial charge is 0.444 e. The third-order valence-corrected chi connectivity index (χ3v) is 4.65. The monoisotopic (exact) mass is 375 g/mol. The van der Waals surface area contributed by atoms with Crippen molar-refractivity contribution in [1.82, 2.24) is 15.5 Å². The number of likely N-dealkylation sites (tertiary alicyclic amines) is 1. The molecule has 0 radical (unpaired) electrons. The highest BCUT2D eigenvalue weighted by Gasteiger charge is 2.24. The van der Waals surface area contributed by atoms with E-state index >= 15 is 0 Å². The molecule has 0 unspecified atom stereocenters. The van der Waals surface area contributed by atoms with Crippen LogP contribution in [-0.4, -0.2) is 54.7 Å². The molecular weight excluding hydrogens is 342 g/mol. The molecule has 0 atom stereocenters. The maximum absolute atomic E-state index is 12.2. The molecule has 6 nitrogen and oxygen atoms in total. The fraction of sp³-hybridized carbons (Fsp3) is 0.619. The summed E-state index contributed by atoms with van der Waals surface area (Å²) in [6, 6.07) is 8.36. The molecule has 6 heteroatoms. The molecule has 2 rings (SSSR count). The van der Waals surface area contributed by atoms with Gasteiger partial charge >= 0.3 is 6.09 Å². The van der Waals surface area contributed by atoms with Crippen LogP contribution in [0.1, 0.15) is 44.7 Å². The first-order chi connectivity index (χ1) is 12.7. The topological polar surface area (TPSA) is 70.7 Å². The Labute approximate surface area is 162 Å². The van der Waals surface area contributed by atoms with Crippen molar-refractivity contribution < 1.29 is 14.3 Å². The highest BCUT2D eigenvalue weighted by atomic mass is 16.6. The molecule has 0 spiro atoms. The van der Waals surface area contributed by atoms with Gasteiger partial charge in [-0.2, -0.15) is 0 Å². The first-order valence-electron chi connectivity index (χ1n) is 9.76. The van der Waals surface area contributed by atoms with E-state index in [1.165, 1.54) is 11.1 Å². The van der Waals surface area contributed by atoms with Gasteiger partial charge in [0.1, 0.15) is 5.60 Å². The first kappa shape index (κ1) is 21.2. The van der Waals surface area contributed by atoms with Crippen LogP contribution in [0, 0.1) is 6.92 Å². The van der Waals surface area contributed by atoms with Crippen molar-refractivity contribution in [3.8, 4) is 0 Å². The summed E-state index contributed by atoms with van der Waals surface area (Å²) in [5.74, 6) is 0.0575. The predicted molar refractivity (Wildman–Crippen MR) is 107 cm³/mol. The SMILES string of the molecule is Cc1ccccc1CCNC(=O)CN1CCC(NC(=O)OC(C)(C)C)CC1. The van der Waals surface area contributed by atoms with Crippen LogP contribution in [-0.2, 0) is 16.0 Å². The third-order valence-electron chi connectivity index (χ3n) is 4.65. The zero-order valence-corrected chi connectivity index (χ0v) is 17.0. The number of ether oxygens (including phenoxy) is 1. The van der Waals surface area contributed by atoms with Crippen molar-refractivity contribution >= 4 is 12.0 Å². The second kappa shape index (κ2) is 9.74. The Morgan fingerprint density at radius 3 is 2.48 bits per heavy atom. The minimum Gasteiger partial charge on any atom is -0.444 e. The van der Waals surface area contributed by atoms with Crippen LogP contribution in [0.5, 0.6) is 0 Å². The number of nitrogens with one attached hydrogen (secondary N) is 2. The molecule has 1 saturated heterocycles. The van der Waals surface area contributed by atoms with E-state index in [4.69, 9.17) is 4.74 Å². The molecule has 1 fully saturated rings. The summed E-state index contributed by atoms with van der Waals surface area (Å²) < 4.78 is 5.29. The van der Waals surface area contributed by atoms with Gasteiger partial charge in [0, 0.05) is 25.7 Å². The Bertz CT molecular complexity index is 632. The Morgan fingerprint density at radius 1 is 1.19 bits per heavy atom. The number of carbonyl (C=O) groups is 2. The van der Waals surface area contributed by atoms with Crippen LogP contribution in [0.25, 0.3) is 0 Å². The lowest BCUT2D eigenvalue weighted by atomic mass is 10.1. The number of nitrogens with zero attached hydrogens (tertiary/aromatic N) is 1. The summed E-state index contributed by atoms with van der Waals surface area (Å²) in [6.07, 6.45) is 2.14. The van der Waals surface area contributed by atoms with Gasteiger partial charge < -0.3 is 15.4 Å². The molecule has 0 aliphatic carbocycles. The van der Waals surface area contributed by atoms with Crippen LogP contribution in [0.3, 0.4) is 0 Å². The summed E-state index contributed by atoms with van der Waals surface area (Å²) >= 11 is 0. The van der Waals surface area contributed by atoms with Gasteiger partial charge in [0.05, 0.1) is 6.54 Å². The van der Waals surface area contributed by atoms with Crippen molar-refractivity contribution in [2.24, 2.45) is 0 Å². The average molecular weight is 376 g/mol. The maximum Gasteiger partial charge on any atom is 0.407 e. The summed E-state index contributed by atoms with van der Waals surface area (Å²) in [6.45, 7) is 10.3. The Balaban J connectivity index is 1.63. The molecule has 1 aromatic rings. The van der Waals surface area contributed by atoms with Crippen LogP contribution < -0.4 is 10.6 Å². The normalized spacial score (nSPS) is 16.0. The molecular formula is C21H33N3O3. The van der Waals surface area contributed by atoms with E-state index in [-0.39, 0.29) is 18.0 Å². The number of benzene rings is 1. The van der Waals surface area contributed by atoms with Crippen molar-refractivity contribution in [3.63, 3.8) is 0 Å². The third kappa shape index (κ3) is 7.99. The van der Waals surface area contributed by atoms with Crippen LogP contribution in [0.2, 0.25) is 0 Å². The van der Waals surface area contributed by atoms with Crippen molar-refractivity contribution in [3.05, 3.63) is 35.4 Å². The Morgan fingerprint density at radius 2 is 1.85 bits per heavy atom. The standard InChI is InChI=1S/C21H33N3O3/c1-16-7-5-6-8-17(16)9-12-22-19(25)15-24-13-10-18(11-14-24)23-20(26)27-21(2,3)4/h5-8,18H,9-15H2,1-4H3,(H,22,25)(H,23,26). The molecule has 1 aliphatic heterocycles. The summed E-state index contributed by atoms with van der Waals surface area (Å²) in [7, 11) is 0. The lowest BCUT2D eigenvalue weighted by molar-refractivity contribution is -0.122. The van der Waals surface area contributed by atoms with Gasteiger partial charge in [-0.1, -0.05) is 24.3 Å². The zero-order valence-electron chi connectivity index (χ0n) is 17.0. The maximum atomic E-state index is 12.2. The average Bonchev–Trinajstić information content (AvgIpc) is 2.57. The molecule has 2 amide bonds. The molecule has 0 saturated carbocycles. The van der Waals surface area contributed by atoms with Gasteiger partial charge in [0.2, 0.25) is 5.91 Å². The Kier molecular flexibility index (Phi) is 7.66. The number of amides is 2. The molecule has 27 heavy (non-hydrogen) atoms. The number of carbonyl (C=O) groups excluding carboxylic acids is 2. The first-order valence-corrected chi connectivity index (χ1v) is 9.76. The summed E-state index contributed by atoms with van der Waals surface area (Å²) in [4.78, 5) is 26.1.